The molecule has 1 fully saturated rings. The van der Waals surface area contributed by atoms with E-state index < -0.39 is 11.9 Å². The number of carbonyl (C=O) groups excluding carboxylic acids is 1. The third-order valence-corrected chi connectivity index (χ3v) is 3.68. The van der Waals surface area contributed by atoms with E-state index in [2.05, 4.69) is 0 Å². The average Bonchev–Trinajstić information content (AvgIpc) is 2.74. The van der Waals surface area contributed by atoms with Crippen molar-refractivity contribution in [2.24, 2.45) is 11.8 Å². The highest BCUT2D eigenvalue weighted by Crippen LogP contribution is 2.28. The molecule has 1 aliphatic rings. The van der Waals surface area contributed by atoms with Gasteiger partial charge < -0.3 is 15.1 Å². The molecule has 5 heteroatoms. The largest absolute Gasteiger partial charge is 0.507 e. The fourth-order valence-corrected chi connectivity index (χ4v) is 2.46. The van der Waals surface area contributed by atoms with E-state index in [9.17, 15) is 14.7 Å². The van der Waals surface area contributed by atoms with Crippen LogP contribution in [0.1, 0.15) is 22.8 Å². The van der Waals surface area contributed by atoms with E-state index >= 15 is 0 Å². The highest BCUT2D eigenvalue weighted by molar-refractivity contribution is 5.97. The second-order valence-corrected chi connectivity index (χ2v) is 5.10. The van der Waals surface area contributed by atoms with Gasteiger partial charge in [0.2, 0.25) is 0 Å². The highest BCUT2D eigenvalue weighted by Gasteiger charge is 2.37. The van der Waals surface area contributed by atoms with Crippen molar-refractivity contribution in [3.05, 3.63) is 29.3 Å². The van der Waals surface area contributed by atoms with Gasteiger partial charge in [0, 0.05) is 13.1 Å². The van der Waals surface area contributed by atoms with Crippen LogP contribution in [0.15, 0.2) is 18.2 Å². The Morgan fingerprint density at radius 1 is 1.32 bits per heavy atom. The standard InChI is InChI=1S/C14H17NO4/c1-8-4-3-5-10(12(8)16)13(17)15-6-9(2)11(7-15)14(18)19/h3-5,9,11,16H,6-7H2,1-2H3,(H,18,19). The Morgan fingerprint density at radius 3 is 2.58 bits per heavy atom. The summed E-state index contributed by atoms with van der Waals surface area (Å²) in [5.74, 6) is -1.82. The van der Waals surface area contributed by atoms with Gasteiger partial charge >= 0.3 is 5.97 Å². The van der Waals surface area contributed by atoms with Gasteiger partial charge in [-0.05, 0) is 24.5 Å². The molecular formula is C14H17NO4. The number of hydrogen-bond acceptors (Lipinski definition) is 3. The number of carboxylic acids is 1. The minimum atomic E-state index is -0.878. The van der Waals surface area contributed by atoms with E-state index in [4.69, 9.17) is 5.11 Å². The Labute approximate surface area is 111 Å². The van der Waals surface area contributed by atoms with Gasteiger partial charge in [-0.25, -0.2) is 0 Å². The minimum absolute atomic E-state index is 0.0288. The minimum Gasteiger partial charge on any atom is -0.507 e. The number of carboxylic acid groups (broad SMARTS) is 1. The van der Waals surface area contributed by atoms with Crippen molar-refractivity contribution < 1.29 is 19.8 Å². The number of aryl methyl sites for hydroxylation is 1. The maximum absolute atomic E-state index is 12.3. The van der Waals surface area contributed by atoms with E-state index in [0.29, 0.717) is 12.1 Å². The number of benzene rings is 1. The second-order valence-electron chi connectivity index (χ2n) is 5.10. The molecule has 1 heterocycles. The molecule has 0 radical (unpaired) electrons. The van der Waals surface area contributed by atoms with Crippen LogP contribution in [-0.4, -0.2) is 40.1 Å². The fraction of sp³-hybridized carbons (Fsp3) is 0.429. The average molecular weight is 263 g/mol. The summed E-state index contributed by atoms with van der Waals surface area (Å²) in [7, 11) is 0. The molecule has 0 bridgehead atoms. The van der Waals surface area contributed by atoms with Gasteiger partial charge in [0.1, 0.15) is 5.75 Å². The molecule has 1 amide bonds. The van der Waals surface area contributed by atoms with Gasteiger partial charge in [-0.1, -0.05) is 19.1 Å². The lowest BCUT2D eigenvalue weighted by Gasteiger charge is -2.17. The van der Waals surface area contributed by atoms with Crippen LogP contribution in [0.2, 0.25) is 0 Å². The monoisotopic (exact) mass is 263 g/mol. The van der Waals surface area contributed by atoms with E-state index in [-0.39, 0.29) is 29.7 Å². The van der Waals surface area contributed by atoms with E-state index in [0.717, 1.165) is 0 Å². The van der Waals surface area contributed by atoms with Gasteiger partial charge in [-0.3, -0.25) is 9.59 Å². The lowest BCUT2D eigenvalue weighted by molar-refractivity contribution is -0.142. The van der Waals surface area contributed by atoms with Gasteiger partial charge in [-0.2, -0.15) is 0 Å². The van der Waals surface area contributed by atoms with Crippen molar-refractivity contribution in [3.63, 3.8) is 0 Å². The molecule has 2 unspecified atom stereocenters. The van der Waals surface area contributed by atoms with Crippen LogP contribution in [0.5, 0.6) is 5.75 Å². The SMILES string of the molecule is Cc1cccc(C(=O)N2CC(C)C(C(=O)O)C2)c1O. The summed E-state index contributed by atoms with van der Waals surface area (Å²) in [6.07, 6.45) is 0. The number of phenols is 1. The van der Waals surface area contributed by atoms with E-state index in [1.807, 2.05) is 6.92 Å². The number of aromatic hydroxyl groups is 1. The molecule has 1 aromatic rings. The van der Waals surface area contributed by atoms with Crippen LogP contribution in [0.3, 0.4) is 0 Å². The van der Waals surface area contributed by atoms with Crippen molar-refractivity contribution in [1.29, 1.82) is 0 Å². The van der Waals surface area contributed by atoms with Crippen LogP contribution < -0.4 is 0 Å². The fourth-order valence-electron chi connectivity index (χ4n) is 2.46. The van der Waals surface area contributed by atoms with Crippen LogP contribution in [0.25, 0.3) is 0 Å². The Hall–Kier alpha value is -2.04. The first-order valence-electron chi connectivity index (χ1n) is 6.22. The number of phenolic OH excluding ortho intramolecular Hbond substituents is 1. The predicted octanol–water partition coefficient (Wildman–Crippen LogP) is 1.49. The lowest BCUT2D eigenvalue weighted by Crippen LogP contribution is -2.30. The van der Waals surface area contributed by atoms with Crippen LogP contribution in [-0.2, 0) is 4.79 Å². The number of aliphatic carboxylic acids is 1. The number of carbonyl (C=O) groups is 2. The number of likely N-dealkylation sites (tertiary alicyclic amines) is 1. The third-order valence-electron chi connectivity index (χ3n) is 3.68. The lowest BCUT2D eigenvalue weighted by atomic mass is 9.99. The number of hydrogen-bond donors (Lipinski definition) is 2. The Balaban J connectivity index is 2.22. The van der Waals surface area contributed by atoms with Crippen LogP contribution >= 0.6 is 0 Å². The van der Waals surface area contributed by atoms with Crippen molar-refractivity contribution in [1.82, 2.24) is 4.90 Å². The van der Waals surface area contributed by atoms with Gasteiger partial charge in [0.25, 0.3) is 5.91 Å². The molecule has 1 aromatic carbocycles. The summed E-state index contributed by atoms with van der Waals surface area (Å²) in [5, 5.41) is 19.0. The maximum Gasteiger partial charge on any atom is 0.308 e. The number of rotatable bonds is 2. The molecule has 2 N–H and O–H groups in total. The van der Waals surface area contributed by atoms with Crippen molar-refractivity contribution >= 4 is 11.9 Å². The Kier molecular flexibility index (Phi) is 3.46. The number of para-hydroxylation sites is 1. The number of nitrogens with zero attached hydrogens (tertiary/aromatic N) is 1. The normalized spacial score (nSPS) is 22.5. The van der Waals surface area contributed by atoms with E-state index in [1.165, 1.54) is 4.90 Å². The molecule has 2 atom stereocenters. The summed E-state index contributed by atoms with van der Waals surface area (Å²) in [6, 6.07) is 4.98. The smallest absolute Gasteiger partial charge is 0.308 e. The first-order chi connectivity index (χ1) is 8.91. The summed E-state index contributed by atoms with van der Waals surface area (Å²) >= 11 is 0. The van der Waals surface area contributed by atoms with Crippen molar-refractivity contribution in [2.45, 2.75) is 13.8 Å². The quantitative estimate of drug-likeness (QED) is 0.847. The molecular weight excluding hydrogens is 246 g/mol. The maximum atomic E-state index is 12.3. The zero-order valence-electron chi connectivity index (χ0n) is 11.0. The molecule has 1 aliphatic heterocycles. The summed E-state index contributed by atoms with van der Waals surface area (Å²) in [5.41, 5.74) is 0.867. The molecule has 19 heavy (non-hydrogen) atoms. The van der Waals surface area contributed by atoms with Crippen LogP contribution in [0.4, 0.5) is 0 Å². The molecule has 2 rings (SSSR count). The topological polar surface area (TPSA) is 77.8 Å². The molecule has 102 valence electrons. The van der Waals surface area contributed by atoms with E-state index in [1.54, 1.807) is 25.1 Å². The zero-order valence-corrected chi connectivity index (χ0v) is 11.0. The molecule has 0 aromatic heterocycles. The van der Waals surface area contributed by atoms with Crippen molar-refractivity contribution in [3.8, 4) is 5.75 Å². The van der Waals surface area contributed by atoms with Gasteiger partial charge in [0.05, 0.1) is 11.5 Å². The second kappa shape index (κ2) is 4.91. The van der Waals surface area contributed by atoms with Crippen LogP contribution in [0, 0.1) is 18.8 Å². The number of amides is 1. The molecule has 0 spiro atoms. The molecule has 1 saturated heterocycles. The summed E-state index contributed by atoms with van der Waals surface area (Å²) in [4.78, 5) is 24.9. The highest BCUT2D eigenvalue weighted by atomic mass is 16.4. The molecule has 0 aliphatic carbocycles. The Morgan fingerprint density at radius 2 is 2.00 bits per heavy atom. The zero-order chi connectivity index (χ0) is 14.2. The third kappa shape index (κ3) is 2.41. The van der Waals surface area contributed by atoms with Crippen molar-refractivity contribution in [2.75, 3.05) is 13.1 Å². The Bertz CT molecular complexity index is 526. The first kappa shape index (κ1) is 13.4. The van der Waals surface area contributed by atoms with Gasteiger partial charge in [0.15, 0.2) is 0 Å². The predicted molar refractivity (Wildman–Crippen MR) is 69.0 cm³/mol. The summed E-state index contributed by atoms with van der Waals surface area (Å²) < 4.78 is 0. The first-order valence-corrected chi connectivity index (χ1v) is 6.22. The molecule has 0 saturated carbocycles. The van der Waals surface area contributed by atoms with Gasteiger partial charge in [-0.15, -0.1) is 0 Å². The summed E-state index contributed by atoms with van der Waals surface area (Å²) in [6.45, 7) is 4.15. The molecule has 5 nitrogen and oxygen atoms in total.